The van der Waals surface area contributed by atoms with E-state index >= 15 is 0 Å². The zero-order chi connectivity index (χ0) is 16.9. The number of aryl methyl sites for hydroxylation is 1. The van der Waals surface area contributed by atoms with Crippen LogP contribution in [0.5, 0.6) is 0 Å². The average Bonchev–Trinajstić information content (AvgIpc) is 3.23. The third kappa shape index (κ3) is 3.91. The van der Waals surface area contributed by atoms with Crippen LogP contribution in [0.3, 0.4) is 0 Å². The van der Waals surface area contributed by atoms with Crippen LogP contribution in [0.1, 0.15) is 24.8 Å². The quantitative estimate of drug-likeness (QED) is 0.841. The molecule has 1 aromatic carbocycles. The summed E-state index contributed by atoms with van der Waals surface area (Å²) in [6.07, 6.45) is 4.06. The maximum Gasteiger partial charge on any atom is 0.303 e. The molecule has 126 valence electrons. The molecule has 0 radical (unpaired) electrons. The number of carboxylic acid groups (broad SMARTS) is 1. The number of aliphatic carboxylic acids is 1. The number of aromatic nitrogens is 1. The number of hydrogen-bond donors (Lipinski definition) is 2. The van der Waals surface area contributed by atoms with Gasteiger partial charge in [0.25, 0.3) is 0 Å². The number of hydrogen-bond acceptors (Lipinski definition) is 5. The highest BCUT2D eigenvalue weighted by Gasteiger charge is 2.32. The third-order valence-electron chi connectivity index (χ3n) is 4.04. The zero-order valence-electron chi connectivity index (χ0n) is 13.1. The Morgan fingerprint density at radius 3 is 3.04 bits per heavy atom. The lowest BCUT2D eigenvalue weighted by Crippen LogP contribution is -2.39. The van der Waals surface area contributed by atoms with Gasteiger partial charge < -0.3 is 15.3 Å². The summed E-state index contributed by atoms with van der Waals surface area (Å²) >= 11 is 1.54. The Bertz CT molecular complexity index is 718. The summed E-state index contributed by atoms with van der Waals surface area (Å²) in [5, 5.41) is 14.5. The molecule has 0 aliphatic carbocycles. The minimum Gasteiger partial charge on any atom is -0.481 e. The number of carbonyl (C=O) groups excluding carboxylic acids is 1. The van der Waals surface area contributed by atoms with Gasteiger partial charge in [-0.2, -0.15) is 0 Å². The molecule has 1 aromatic heterocycles. The van der Waals surface area contributed by atoms with E-state index in [4.69, 9.17) is 5.11 Å². The van der Waals surface area contributed by atoms with Crippen LogP contribution in [0.15, 0.2) is 35.8 Å². The van der Waals surface area contributed by atoms with Gasteiger partial charge in [0.05, 0.1) is 0 Å². The lowest BCUT2D eigenvalue weighted by atomic mass is 10.1. The van der Waals surface area contributed by atoms with Crippen molar-refractivity contribution < 1.29 is 14.7 Å². The van der Waals surface area contributed by atoms with Gasteiger partial charge in [-0.15, -0.1) is 11.3 Å². The molecule has 1 aliphatic rings. The molecule has 1 saturated heterocycles. The fraction of sp³-hybridized carbons (Fsp3) is 0.353. The van der Waals surface area contributed by atoms with Crippen molar-refractivity contribution in [1.29, 1.82) is 0 Å². The summed E-state index contributed by atoms with van der Waals surface area (Å²) in [5.74, 6) is -0.868. The predicted octanol–water partition coefficient (Wildman–Crippen LogP) is 2.77. The molecule has 1 atom stereocenters. The van der Waals surface area contributed by atoms with Gasteiger partial charge in [-0.1, -0.05) is 12.1 Å². The molecule has 0 spiro atoms. The third-order valence-corrected chi connectivity index (χ3v) is 4.85. The maximum atomic E-state index is 12.6. The number of carboxylic acids is 1. The summed E-state index contributed by atoms with van der Waals surface area (Å²) in [6, 6.07) is 7.16. The van der Waals surface area contributed by atoms with Crippen molar-refractivity contribution in [2.75, 3.05) is 16.8 Å². The Balaban J connectivity index is 1.66. The SMILES string of the molecule is O=C(O)CCc1cccc(NC(=O)C2CCCN2c2nccs2)c1. The van der Waals surface area contributed by atoms with Crippen molar-refractivity contribution in [3.05, 3.63) is 41.4 Å². The second-order valence-corrected chi connectivity index (χ2v) is 6.62. The molecule has 24 heavy (non-hydrogen) atoms. The van der Waals surface area contributed by atoms with Gasteiger partial charge in [0.1, 0.15) is 6.04 Å². The summed E-state index contributed by atoms with van der Waals surface area (Å²) < 4.78 is 0. The summed E-state index contributed by atoms with van der Waals surface area (Å²) in [7, 11) is 0. The van der Waals surface area contributed by atoms with Crippen molar-refractivity contribution in [3.8, 4) is 0 Å². The maximum absolute atomic E-state index is 12.6. The molecule has 0 saturated carbocycles. The van der Waals surface area contributed by atoms with E-state index in [0.717, 1.165) is 30.1 Å². The van der Waals surface area contributed by atoms with Crippen molar-refractivity contribution >= 4 is 34.0 Å². The van der Waals surface area contributed by atoms with Gasteiger partial charge in [-0.3, -0.25) is 9.59 Å². The number of carbonyl (C=O) groups is 2. The molecule has 1 unspecified atom stereocenters. The molecule has 2 N–H and O–H groups in total. The van der Waals surface area contributed by atoms with Crippen LogP contribution in [0, 0.1) is 0 Å². The first-order valence-corrected chi connectivity index (χ1v) is 8.79. The van der Waals surface area contributed by atoms with Crippen molar-refractivity contribution in [1.82, 2.24) is 4.98 Å². The molecule has 6 nitrogen and oxygen atoms in total. The first-order chi connectivity index (χ1) is 11.6. The Morgan fingerprint density at radius 2 is 2.29 bits per heavy atom. The molecule has 1 amide bonds. The van der Waals surface area contributed by atoms with Crippen molar-refractivity contribution in [2.24, 2.45) is 0 Å². The molecule has 1 aliphatic heterocycles. The van der Waals surface area contributed by atoms with Crippen LogP contribution in [-0.4, -0.2) is 34.6 Å². The Hall–Kier alpha value is -2.41. The van der Waals surface area contributed by atoms with Gasteiger partial charge in [0, 0.05) is 30.2 Å². The molecule has 3 rings (SSSR count). The van der Waals surface area contributed by atoms with Crippen LogP contribution in [0.2, 0.25) is 0 Å². The van der Waals surface area contributed by atoms with Crippen molar-refractivity contribution in [2.45, 2.75) is 31.7 Å². The standard InChI is InChI=1S/C17H19N3O3S/c21-15(22)7-6-12-3-1-4-13(11-12)19-16(23)14-5-2-9-20(14)17-18-8-10-24-17/h1,3-4,8,10-11,14H,2,5-7,9H2,(H,19,23)(H,21,22). The number of anilines is 2. The Labute approximate surface area is 144 Å². The summed E-state index contributed by atoms with van der Waals surface area (Å²) in [6.45, 7) is 0.838. The fourth-order valence-electron chi connectivity index (χ4n) is 2.91. The summed E-state index contributed by atoms with van der Waals surface area (Å²) in [4.78, 5) is 29.7. The van der Waals surface area contributed by atoms with E-state index in [9.17, 15) is 9.59 Å². The Kier molecular flexibility index (Phi) is 5.10. The molecule has 2 heterocycles. The molecule has 0 bridgehead atoms. The molecular weight excluding hydrogens is 326 g/mol. The van der Waals surface area contributed by atoms with Gasteiger partial charge in [-0.05, 0) is 37.0 Å². The number of rotatable bonds is 6. The van der Waals surface area contributed by atoms with E-state index in [-0.39, 0.29) is 18.4 Å². The molecule has 1 fully saturated rings. The number of nitrogens with one attached hydrogen (secondary N) is 1. The first-order valence-electron chi connectivity index (χ1n) is 7.91. The van der Waals surface area contributed by atoms with Crippen LogP contribution in [-0.2, 0) is 16.0 Å². The van der Waals surface area contributed by atoms with Crippen LogP contribution < -0.4 is 10.2 Å². The number of amides is 1. The molecule has 2 aromatic rings. The monoisotopic (exact) mass is 345 g/mol. The number of benzene rings is 1. The highest BCUT2D eigenvalue weighted by atomic mass is 32.1. The lowest BCUT2D eigenvalue weighted by Gasteiger charge is -2.23. The van der Waals surface area contributed by atoms with E-state index in [1.807, 2.05) is 34.5 Å². The average molecular weight is 345 g/mol. The highest BCUT2D eigenvalue weighted by Crippen LogP contribution is 2.28. The minimum atomic E-state index is -0.825. The van der Waals surface area contributed by atoms with E-state index in [2.05, 4.69) is 10.3 Å². The Morgan fingerprint density at radius 1 is 1.42 bits per heavy atom. The van der Waals surface area contributed by atoms with Crippen LogP contribution >= 0.6 is 11.3 Å². The van der Waals surface area contributed by atoms with Crippen molar-refractivity contribution in [3.63, 3.8) is 0 Å². The zero-order valence-corrected chi connectivity index (χ0v) is 14.0. The predicted molar refractivity (Wildman–Crippen MR) is 93.5 cm³/mol. The van der Waals surface area contributed by atoms with Gasteiger partial charge >= 0.3 is 5.97 Å². The van der Waals surface area contributed by atoms with E-state index in [1.54, 1.807) is 6.20 Å². The minimum absolute atomic E-state index is 0.0434. The summed E-state index contributed by atoms with van der Waals surface area (Å²) in [5.41, 5.74) is 1.60. The number of thiazole rings is 1. The van der Waals surface area contributed by atoms with E-state index in [1.165, 1.54) is 11.3 Å². The van der Waals surface area contributed by atoms with Gasteiger partial charge in [0.15, 0.2) is 5.13 Å². The lowest BCUT2D eigenvalue weighted by molar-refractivity contribution is -0.137. The molecule has 7 heteroatoms. The van der Waals surface area contributed by atoms with E-state index in [0.29, 0.717) is 12.1 Å². The fourth-order valence-corrected chi connectivity index (χ4v) is 3.63. The normalized spacial score (nSPS) is 17.0. The largest absolute Gasteiger partial charge is 0.481 e. The van der Waals surface area contributed by atoms with Crippen LogP contribution in [0.25, 0.3) is 0 Å². The smallest absolute Gasteiger partial charge is 0.303 e. The molecular formula is C17H19N3O3S. The van der Waals surface area contributed by atoms with Gasteiger partial charge in [0.2, 0.25) is 5.91 Å². The van der Waals surface area contributed by atoms with Gasteiger partial charge in [-0.25, -0.2) is 4.98 Å². The highest BCUT2D eigenvalue weighted by molar-refractivity contribution is 7.13. The first kappa shape index (κ1) is 16.4. The number of nitrogens with zero attached hydrogens (tertiary/aromatic N) is 2. The second-order valence-electron chi connectivity index (χ2n) is 5.75. The second kappa shape index (κ2) is 7.44. The van der Waals surface area contributed by atoms with E-state index < -0.39 is 5.97 Å². The van der Waals surface area contributed by atoms with Crippen LogP contribution in [0.4, 0.5) is 10.8 Å². The topological polar surface area (TPSA) is 82.5 Å².